The van der Waals surface area contributed by atoms with E-state index in [0.717, 1.165) is 60.8 Å². The molecule has 0 atom stereocenters. The van der Waals surface area contributed by atoms with Gasteiger partial charge >= 0.3 is 0 Å². The third-order valence-corrected chi connectivity index (χ3v) is 11.3. The summed E-state index contributed by atoms with van der Waals surface area (Å²) in [6.07, 6.45) is 0. The minimum atomic E-state index is 0.577. The lowest BCUT2D eigenvalue weighted by Crippen LogP contribution is -2.06. The predicted octanol–water partition coefficient (Wildman–Crippen LogP) is 13.4. The maximum absolute atomic E-state index is 5.35. The molecule has 274 valence electrons. The molecule has 3 heterocycles. The Morgan fingerprint density at radius 2 is 0.845 bits per heavy atom. The second kappa shape index (κ2) is 13.5. The van der Waals surface area contributed by atoms with Gasteiger partial charge in [-0.05, 0) is 84.6 Å². The lowest BCUT2D eigenvalue weighted by atomic mass is 9.98. The molecule has 0 saturated heterocycles. The van der Waals surface area contributed by atoms with Gasteiger partial charge in [-0.1, -0.05) is 151 Å². The predicted molar refractivity (Wildman–Crippen MR) is 240 cm³/mol. The van der Waals surface area contributed by atoms with E-state index in [-0.39, 0.29) is 0 Å². The Kier molecular flexibility index (Phi) is 7.86. The topological polar surface area (TPSA) is 48.5 Å². The van der Waals surface area contributed by atoms with Crippen LogP contribution in [0.5, 0.6) is 0 Å². The molecule has 5 nitrogen and oxygen atoms in total. The van der Waals surface area contributed by atoms with Crippen molar-refractivity contribution in [2.45, 2.75) is 13.8 Å². The van der Waals surface area contributed by atoms with E-state index in [9.17, 15) is 0 Å². The maximum atomic E-state index is 5.35. The van der Waals surface area contributed by atoms with Crippen LogP contribution in [0.25, 0.3) is 100 Å². The molecule has 0 aliphatic rings. The van der Waals surface area contributed by atoms with Crippen LogP contribution in [0, 0.1) is 13.8 Å². The Hall–Kier alpha value is -7.63. The molecule has 0 spiro atoms. The molecular weight excluding hydrogens is 707 g/mol. The molecule has 0 radical (unpaired) electrons. The van der Waals surface area contributed by atoms with Crippen LogP contribution >= 0.6 is 0 Å². The summed E-state index contributed by atoms with van der Waals surface area (Å²) in [5, 5.41) is 4.68. The van der Waals surface area contributed by atoms with Crippen LogP contribution in [-0.4, -0.2) is 24.1 Å². The Morgan fingerprint density at radius 1 is 0.345 bits per heavy atom. The molecular formula is C53H37N5. The Labute approximate surface area is 336 Å². The SMILES string of the molecule is Cc1ccc2c(c1)c1c(ccc3c4cc(C)ccc4n(-c4nc(-c5ccccc5)nc(-c5ccc(-c6cccc(-c7ccccc7)c6)cc5)n4)c31)n2-c1ccccc1. The van der Waals surface area contributed by atoms with E-state index in [4.69, 9.17) is 15.0 Å². The minimum absolute atomic E-state index is 0.577. The number of benzene rings is 8. The molecule has 58 heavy (non-hydrogen) atoms. The van der Waals surface area contributed by atoms with E-state index in [1.165, 1.54) is 33.0 Å². The Morgan fingerprint density at radius 3 is 1.50 bits per heavy atom. The first-order chi connectivity index (χ1) is 28.6. The largest absolute Gasteiger partial charge is 0.309 e. The van der Waals surface area contributed by atoms with Crippen LogP contribution in [0.3, 0.4) is 0 Å². The van der Waals surface area contributed by atoms with Gasteiger partial charge in [0.05, 0.1) is 22.1 Å². The number of aryl methyl sites for hydroxylation is 2. The fourth-order valence-electron chi connectivity index (χ4n) is 8.53. The number of para-hydroxylation sites is 1. The molecule has 0 aliphatic heterocycles. The molecule has 0 amide bonds. The summed E-state index contributed by atoms with van der Waals surface area (Å²) >= 11 is 0. The van der Waals surface area contributed by atoms with Crippen LogP contribution in [-0.2, 0) is 0 Å². The van der Waals surface area contributed by atoms with Gasteiger partial charge in [-0.2, -0.15) is 9.97 Å². The summed E-state index contributed by atoms with van der Waals surface area (Å²) in [6.45, 7) is 4.32. The van der Waals surface area contributed by atoms with Crippen LogP contribution in [0.15, 0.2) is 188 Å². The highest BCUT2D eigenvalue weighted by Crippen LogP contribution is 2.42. The molecule has 11 rings (SSSR count). The monoisotopic (exact) mass is 743 g/mol. The molecule has 0 saturated carbocycles. The van der Waals surface area contributed by atoms with E-state index >= 15 is 0 Å². The lowest BCUT2D eigenvalue weighted by Gasteiger charge is -2.12. The molecule has 0 unspecified atom stereocenters. The number of hydrogen-bond acceptors (Lipinski definition) is 3. The third kappa shape index (κ3) is 5.59. The number of fused-ring (bicyclic) bond motifs is 7. The Bertz CT molecular complexity index is 3330. The van der Waals surface area contributed by atoms with Gasteiger partial charge < -0.3 is 4.57 Å². The first kappa shape index (κ1) is 33.7. The molecule has 8 aromatic carbocycles. The van der Waals surface area contributed by atoms with Gasteiger partial charge in [0.2, 0.25) is 5.95 Å². The van der Waals surface area contributed by atoms with Crippen molar-refractivity contribution in [1.82, 2.24) is 24.1 Å². The van der Waals surface area contributed by atoms with Gasteiger partial charge in [-0.25, -0.2) is 4.98 Å². The molecule has 3 aromatic heterocycles. The average molecular weight is 744 g/mol. The lowest BCUT2D eigenvalue weighted by molar-refractivity contribution is 0.955. The van der Waals surface area contributed by atoms with Crippen molar-refractivity contribution in [1.29, 1.82) is 0 Å². The first-order valence-electron chi connectivity index (χ1n) is 19.7. The highest BCUT2D eigenvalue weighted by atomic mass is 15.2. The molecule has 0 bridgehead atoms. The van der Waals surface area contributed by atoms with E-state index in [1.54, 1.807) is 0 Å². The zero-order chi connectivity index (χ0) is 38.7. The second-order valence-corrected chi connectivity index (χ2v) is 15.1. The number of aromatic nitrogens is 5. The first-order valence-corrected chi connectivity index (χ1v) is 19.7. The molecule has 0 aliphatic carbocycles. The van der Waals surface area contributed by atoms with Crippen molar-refractivity contribution < 1.29 is 0 Å². The summed E-state index contributed by atoms with van der Waals surface area (Å²) in [5.41, 5.74) is 14.5. The summed E-state index contributed by atoms with van der Waals surface area (Å²) in [5.74, 6) is 1.82. The van der Waals surface area contributed by atoms with Crippen LogP contribution < -0.4 is 0 Å². The van der Waals surface area contributed by atoms with Crippen molar-refractivity contribution in [2.75, 3.05) is 0 Å². The van der Waals surface area contributed by atoms with Gasteiger partial charge in [0.1, 0.15) is 0 Å². The van der Waals surface area contributed by atoms with E-state index in [1.807, 2.05) is 18.2 Å². The summed E-state index contributed by atoms with van der Waals surface area (Å²) in [7, 11) is 0. The Balaban J connectivity index is 1.16. The number of rotatable bonds is 6. The fourth-order valence-corrected chi connectivity index (χ4v) is 8.53. The van der Waals surface area contributed by atoms with Crippen LogP contribution in [0.2, 0.25) is 0 Å². The number of nitrogens with zero attached hydrogens (tertiary/aromatic N) is 5. The normalized spacial score (nSPS) is 11.6. The van der Waals surface area contributed by atoms with Crippen LogP contribution in [0.1, 0.15) is 11.1 Å². The van der Waals surface area contributed by atoms with Gasteiger partial charge in [0.15, 0.2) is 11.6 Å². The maximum Gasteiger partial charge on any atom is 0.238 e. The average Bonchev–Trinajstić information content (AvgIpc) is 3.79. The van der Waals surface area contributed by atoms with Crippen molar-refractivity contribution in [3.05, 3.63) is 199 Å². The minimum Gasteiger partial charge on any atom is -0.309 e. The van der Waals surface area contributed by atoms with Crippen molar-refractivity contribution in [3.63, 3.8) is 0 Å². The zero-order valence-corrected chi connectivity index (χ0v) is 32.1. The van der Waals surface area contributed by atoms with E-state index < -0.39 is 0 Å². The summed E-state index contributed by atoms with van der Waals surface area (Å²) < 4.78 is 4.65. The highest BCUT2D eigenvalue weighted by molar-refractivity contribution is 6.26. The van der Waals surface area contributed by atoms with Gasteiger partial charge in [0, 0.05) is 38.4 Å². The molecule has 11 aromatic rings. The van der Waals surface area contributed by atoms with Gasteiger partial charge in [0.25, 0.3) is 0 Å². The quantitative estimate of drug-likeness (QED) is 0.170. The van der Waals surface area contributed by atoms with Gasteiger partial charge in [-0.15, -0.1) is 0 Å². The summed E-state index contributed by atoms with van der Waals surface area (Å²) in [4.78, 5) is 15.8. The van der Waals surface area contributed by atoms with Crippen molar-refractivity contribution >= 4 is 43.6 Å². The summed E-state index contributed by atoms with van der Waals surface area (Å²) in [6, 6.07) is 66.6. The molecule has 0 fully saturated rings. The standard InChI is InChI=1S/C53H37N5/c1-34-21-28-46-44(31-34)43-27-30-48-49(45-32-35(2)22-29-47(45)57(48)42-19-10-5-11-20-42)50(43)58(46)53-55-51(38-15-8-4-9-16-38)54-52(56-53)39-25-23-37(24-26-39)41-18-12-17-40(33-41)36-13-6-3-7-14-36/h3-33H,1-2H3. The van der Waals surface area contributed by atoms with E-state index in [2.05, 4.69) is 193 Å². The zero-order valence-electron chi connectivity index (χ0n) is 32.1. The smallest absolute Gasteiger partial charge is 0.238 e. The fraction of sp³-hybridized carbons (Fsp3) is 0.0377. The van der Waals surface area contributed by atoms with Crippen molar-refractivity contribution in [3.8, 4) is 56.7 Å². The van der Waals surface area contributed by atoms with Crippen LogP contribution in [0.4, 0.5) is 0 Å². The van der Waals surface area contributed by atoms with E-state index in [0.29, 0.717) is 17.6 Å². The third-order valence-electron chi connectivity index (χ3n) is 11.3. The molecule has 0 N–H and O–H groups in total. The highest BCUT2D eigenvalue weighted by Gasteiger charge is 2.23. The second-order valence-electron chi connectivity index (χ2n) is 15.1. The number of hydrogen-bond donors (Lipinski definition) is 0. The van der Waals surface area contributed by atoms with Crippen molar-refractivity contribution in [2.24, 2.45) is 0 Å². The molecule has 5 heteroatoms. The van der Waals surface area contributed by atoms with Gasteiger partial charge in [-0.3, -0.25) is 4.57 Å².